The topological polar surface area (TPSA) is 55.8 Å². The van der Waals surface area contributed by atoms with Gasteiger partial charge in [-0.15, -0.1) is 0 Å². The van der Waals surface area contributed by atoms with Crippen LogP contribution in [0.25, 0.3) is 0 Å². The molecule has 0 bridgehead atoms. The Morgan fingerprint density at radius 1 is 1.48 bits per heavy atom. The first kappa shape index (κ1) is 18.2. The summed E-state index contributed by atoms with van der Waals surface area (Å²) in [7, 11) is 0. The third-order valence-electron chi connectivity index (χ3n) is 4.51. The van der Waals surface area contributed by atoms with E-state index in [1.807, 2.05) is 13.8 Å². The van der Waals surface area contributed by atoms with E-state index in [2.05, 4.69) is 6.58 Å². The Balaban J connectivity index is 2.92. The zero-order valence-corrected chi connectivity index (χ0v) is 14.1. The standard InChI is InChI=1S/C17H30O4/c1-7-17(21-13(4)16(5,6)19)11-9-8-10-14(17)20-15(18)12(2)3/h13-14,19H,2,7-11H2,1,3-6H3. The van der Waals surface area contributed by atoms with E-state index in [1.54, 1.807) is 20.8 Å². The van der Waals surface area contributed by atoms with E-state index in [4.69, 9.17) is 9.47 Å². The molecule has 0 amide bonds. The van der Waals surface area contributed by atoms with Crippen LogP contribution in [0, 0.1) is 0 Å². The van der Waals surface area contributed by atoms with E-state index in [9.17, 15) is 9.90 Å². The first-order chi connectivity index (χ1) is 9.62. The fraction of sp³-hybridized carbons (Fsp3) is 0.824. The van der Waals surface area contributed by atoms with Gasteiger partial charge in [-0.1, -0.05) is 19.9 Å². The Labute approximate surface area is 128 Å². The van der Waals surface area contributed by atoms with Crippen LogP contribution in [-0.2, 0) is 14.3 Å². The molecule has 0 aliphatic heterocycles. The van der Waals surface area contributed by atoms with Crippen LogP contribution in [-0.4, -0.2) is 34.5 Å². The van der Waals surface area contributed by atoms with E-state index in [0.29, 0.717) is 5.57 Å². The van der Waals surface area contributed by atoms with Gasteiger partial charge in [0.2, 0.25) is 0 Å². The molecule has 3 atom stereocenters. The zero-order chi connectivity index (χ0) is 16.3. The van der Waals surface area contributed by atoms with Gasteiger partial charge in [0.05, 0.1) is 11.7 Å². The quantitative estimate of drug-likeness (QED) is 0.603. The number of esters is 1. The molecule has 0 saturated heterocycles. The van der Waals surface area contributed by atoms with Crippen molar-refractivity contribution in [1.82, 2.24) is 0 Å². The van der Waals surface area contributed by atoms with Crippen LogP contribution in [0.4, 0.5) is 0 Å². The number of hydrogen-bond donors (Lipinski definition) is 1. The van der Waals surface area contributed by atoms with E-state index in [1.165, 1.54) is 0 Å². The Morgan fingerprint density at radius 2 is 2.10 bits per heavy atom. The molecule has 0 aromatic heterocycles. The maximum absolute atomic E-state index is 11.9. The van der Waals surface area contributed by atoms with Crippen LogP contribution >= 0.6 is 0 Å². The average molecular weight is 298 g/mol. The molecule has 0 radical (unpaired) electrons. The highest BCUT2D eigenvalue weighted by Crippen LogP contribution is 2.39. The summed E-state index contributed by atoms with van der Waals surface area (Å²) in [6.45, 7) is 12.7. The van der Waals surface area contributed by atoms with Gasteiger partial charge in [-0.05, 0) is 53.4 Å². The smallest absolute Gasteiger partial charge is 0.333 e. The van der Waals surface area contributed by atoms with Gasteiger partial charge in [0.25, 0.3) is 0 Å². The number of rotatable bonds is 6. The molecular weight excluding hydrogens is 268 g/mol. The second-order valence-electron chi connectivity index (χ2n) is 6.75. The molecule has 1 N–H and O–H groups in total. The van der Waals surface area contributed by atoms with Crippen LogP contribution < -0.4 is 0 Å². The molecular formula is C17H30O4. The predicted molar refractivity (Wildman–Crippen MR) is 83.0 cm³/mol. The van der Waals surface area contributed by atoms with Crippen LogP contribution in [0.2, 0.25) is 0 Å². The summed E-state index contributed by atoms with van der Waals surface area (Å²) in [4.78, 5) is 11.9. The minimum Gasteiger partial charge on any atom is -0.456 e. The summed E-state index contributed by atoms with van der Waals surface area (Å²) >= 11 is 0. The van der Waals surface area contributed by atoms with Crippen molar-refractivity contribution >= 4 is 5.97 Å². The summed E-state index contributed by atoms with van der Waals surface area (Å²) in [6.07, 6.45) is 3.86. The Bertz CT molecular complexity index is 383. The molecule has 4 nitrogen and oxygen atoms in total. The van der Waals surface area contributed by atoms with Crippen molar-refractivity contribution in [2.24, 2.45) is 0 Å². The molecule has 0 heterocycles. The normalized spacial score (nSPS) is 28.0. The van der Waals surface area contributed by atoms with Crippen molar-refractivity contribution in [2.45, 2.75) is 90.1 Å². The third kappa shape index (κ3) is 4.55. The van der Waals surface area contributed by atoms with E-state index >= 15 is 0 Å². The van der Waals surface area contributed by atoms with Crippen molar-refractivity contribution in [3.05, 3.63) is 12.2 Å². The lowest BCUT2D eigenvalue weighted by Crippen LogP contribution is -2.53. The van der Waals surface area contributed by atoms with Gasteiger partial charge in [0, 0.05) is 5.57 Å². The van der Waals surface area contributed by atoms with Crippen molar-refractivity contribution in [1.29, 1.82) is 0 Å². The summed E-state index contributed by atoms with van der Waals surface area (Å²) in [6, 6.07) is 0. The lowest BCUT2D eigenvalue weighted by atomic mass is 9.79. The lowest BCUT2D eigenvalue weighted by Gasteiger charge is -2.46. The number of carbonyl (C=O) groups is 1. The second-order valence-corrected chi connectivity index (χ2v) is 6.75. The molecule has 122 valence electrons. The largest absolute Gasteiger partial charge is 0.456 e. The highest BCUT2D eigenvalue weighted by atomic mass is 16.6. The molecule has 0 aromatic rings. The molecule has 3 unspecified atom stereocenters. The second kappa shape index (κ2) is 6.93. The number of carbonyl (C=O) groups excluding carboxylic acids is 1. The number of aliphatic hydroxyl groups is 1. The first-order valence-corrected chi connectivity index (χ1v) is 7.89. The van der Waals surface area contributed by atoms with Gasteiger partial charge in [0.15, 0.2) is 0 Å². The van der Waals surface area contributed by atoms with Crippen LogP contribution in [0.3, 0.4) is 0 Å². The number of ether oxygens (including phenoxy) is 2. The third-order valence-corrected chi connectivity index (χ3v) is 4.51. The zero-order valence-electron chi connectivity index (χ0n) is 14.1. The molecule has 0 spiro atoms. The fourth-order valence-corrected chi connectivity index (χ4v) is 2.69. The highest BCUT2D eigenvalue weighted by molar-refractivity contribution is 5.87. The van der Waals surface area contributed by atoms with Crippen molar-refractivity contribution in [3.8, 4) is 0 Å². The van der Waals surface area contributed by atoms with Gasteiger partial charge in [0.1, 0.15) is 11.7 Å². The minimum absolute atomic E-state index is 0.273. The average Bonchev–Trinajstić information content (AvgIpc) is 2.39. The van der Waals surface area contributed by atoms with Gasteiger partial charge >= 0.3 is 5.97 Å². The minimum atomic E-state index is -0.928. The van der Waals surface area contributed by atoms with Crippen LogP contribution in [0.15, 0.2) is 12.2 Å². The van der Waals surface area contributed by atoms with E-state index in [0.717, 1.165) is 32.1 Å². The molecule has 1 saturated carbocycles. The molecule has 0 aromatic carbocycles. The van der Waals surface area contributed by atoms with Gasteiger partial charge in [-0.25, -0.2) is 4.79 Å². The van der Waals surface area contributed by atoms with Gasteiger partial charge in [-0.3, -0.25) is 0 Å². The van der Waals surface area contributed by atoms with Crippen molar-refractivity contribution in [2.75, 3.05) is 0 Å². The van der Waals surface area contributed by atoms with Gasteiger partial charge in [-0.2, -0.15) is 0 Å². The predicted octanol–water partition coefficient (Wildman–Crippen LogP) is 3.37. The molecule has 1 rings (SSSR count). The van der Waals surface area contributed by atoms with Crippen molar-refractivity contribution in [3.63, 3.8) is 0 Å². The fourth-order valence-electron chi connectivity index (χ4n) is 2.69. The first-order valence-electron chi connectivity index (χ1n) is 7.89. The van der Waals surface area contributed by atoms with Gasteiger partial charge < -0.3 is 14.6 Å². The summed E-state index contributed by atoms with van der Waals surface area (Å²) < 4.78 is 11.9. The van der Waals surface area contributed by atoms with Crippen LogP contribution in [0.5, 0.6) is 0 Å². The summed E-state index contributed by atoms with van der Waals surface area (Å²) in [5.74, 6) is -0.362. The Kier molecular flexibility index (Phi) is 6.00. The summed E-state index contributed by atoms with van der Waals surface area (Å²) in [5, 5.41) is 10.1. The monoisotopic (exact) mass is 298 g/mol. The number of hydrogen-bond acceptors (Lipinski definition) is 4. The Hall–Kier alpha value is -0.870. The molecule has 1 aliphatic carbocycles. The van der Waals surface area contributed by atoms with E-state index in [-0.39, 0.29) is 18.2 Å². The summed E-state index contributed by atoms with van der Waals surface area (Å²) in [5.41, 5.74) is -1.04. The Morgan fingerprint density at radius 3 is 2.57 bits per heavy atom. The van der Waals surface area contributed by atoms with Crippen LogP contribution in [0.1, 0.15) is 66.7 Å². The maximum atomic E-state index is 11.9. The highest BCUT2D eigenvalue weighted by Gasteiger charge is 2.45. The molecule has 1 aliphatic rings. The molecule has 1 fully saturated rings. The SMILES string of the molecule is C=C(C)C(=O)OC1CCCCC1(CC)OC(C)C(C)(C)O. The molecule has 21 heavy (non-hydrogen) atoms. The molecule has 4 heteroatoms. The lowest BCUT2D eigenvalue weighted by molar-refractivity contribution is -0.217. The maximum Gasteiger partial charge on any atom is 0.333 e. The van der Waals surface area contributed by atoms with E-state index < -0.39 is 11.2 Å². The van der Waals surface area contributed by atoms with Crippen molar-refractivity contribution < 1.29 is 19.4 Å².